The summed E-state index contributed by atoms with van der Waals surface area (Å²) in [7, 11) is -16.7. The number of nitrogen functional groups attached to an aromatic ring is 1. The second kappa shape index (κ2) is 9.29. The molecule has 0 spiro atoms. The summed E-state index contributed by atoms with van der Waals surface area (Å²) in [5.41, 5.74) is 4.55. The van der Waals surface area contributed by atoms with Gasteiger partial charge in [-0.3, -0.25) is 9.09 Å². The molecule has 0 aromatic carbocycles. The molecular weight excluding hydrogens is 594 g/mol. The quantitative estimate of drug-likeness (QED) is 0.129. The van der Waals surface area contributed by atoms with Crippen LogP contribution in [0.4, 0.5) is 5.82 Å². The van der Waals surface area contributed by atoms with Crippen LogP contribution in [-0.4, -0.2) is 64.3 Å². The lowest BCUT2D eigenvalue weighted by Crippen LogP contribution is -2.36. The van der Waals surface area contributed by atoms with Crippen molar-refractivity contribution in [3.05, 3.63) is 20.3 Å². The number of aliphatic hydroxyl groups is 2. The first-order valence-electron chi connectivity index (χ1n) is 7.35. The van der Waals surface area contributed by atoms with Gasteiger partial charge in [0.1, 0.15) is 24.1 Å². The van der Waals surface area contributed by atoms with Crippen molar-refractivity contribution in [3.8, 4) is 0 Å². The van der Waals surface area contributed by atoms with Crippen molar-refractivity contribution >= 4 is 51.9 Å². The van der Waals surface area contributed by atoms with Crippen molar-refractivity contribution in [2.45, 2.75) is 24.5 Å². The maximum Gasteiger partial charge on any atom is 0.490 e. The third-order valence-corrected chi connectivity index (χ3v) is 8.00. The molecule has 2 heterocycles. The number of aromatic nitrogens is 2. The molecule has 30 heavy (non-hydrogen) atoms. The predicted octanol–water partition coefficient (Wildman–Crippen LogP) is -1.61. The second-order valence-electron chi connectivity index (χ2n) is 5.60. The zero-order chi connectivity index (χ0) is 23.1. The molecule has 6 atom stereocenters. The van der Waals surface area contributed by atoms with Crippen molar-refractivity contribution in [1.82, 2.24) is 9.55 Å². The predicted molar refractivity (Wildman–Crippen MR) is 101 cm³/mol. The summed E-state index contributed by atoms with van der Waals surface area (Å²) < 4.78 is 51.3. The van der Waals surface area contributed by atoms with E-state index in [4.69, 9.17) is 25.2 Å². The zero-order valence-electron chi connectivity index (χ0n) is 14.2. The highest BCUT2D eigenvalue weighted by Crippen LogP contribution is 2.66. The molecule has 1 aromatic heterocycles. The van der Waals surface area contributed by atoms with E-state index >= 15 is 0 Å². The average molecular weight is 609 g/mol. The van der Waals surface area contributed by atoms with Gasteiger partial charge < -0.3 is 40.3 Å². The van der Waals surface area contributed by atoms with E-state index in [-0.39, 0.29) is 5.82 Å². The molecule has 0 amide bonds. The highest BCUT2D eigenvalue weighted by molar-refractivity contribution is 14.1. The van der Waals surface area contributed by atoms with Crippen molar-refractivity contribution in [2.75, 3.05) is 12.3 Å². The fraction of sp³-hybridized carbons (Fsp3) is 0.556. The van der Waals surface area contributed by atoms with Crippen LogP contribution in [0, 0.1) is 3.57 Å². The van der Waals surface area contributed by atoms with Crippen LogP contribution >= 0.6 is 46.1 Å². The van der Waals surface area contributed by atoms with E-state index in [9.17, 15) is 33.6 Å². The van der Waals surface area contributed by atoms with Gasteiger partial charge in [0.25, 0.3) is 0 Å². The Balaban J connectivity index is 2.09. The third-order valence-electron chi connectivity index (χ3n) is 3.36. The summed E-state index contributed by atoms with van der Waals surface area (Å²) in [6.45, 7) is -1.02. The minimum Gasteiger partial charge on any atom is -0.387 e. The summed E-state index contributed by atoms with van der Waals surface area (Å²) in [6.07, 6.45) is -5.35. The first-order chi connectivity index (χ1) is 13.5. The summed E-state index contributed by atoms with van der Waals surface area (Å²) in [5, 5.41) is 20.1. The molecular formula is C9H15IN3O14P3. The SMILES string of the molecule is Nc1nc(=O)n(C2OC(COP(=O)(O)OP(=O)(O)OP(=O)(O)O)C(O)C2O)cc1I. The van der Waals surface area contributed by atoms with Crippen LogP contribution in [0.15, 0.2) is 11.0 Å². The standard InChI is InChI=1S/C9H15IN3O14P3/c10-3-1-13(9(16)12-7(3)11)8-6(15)5(14)4(25-8)2-24-29(20,21)27-30(22,23)26-28(17,18)19/h1,4-6,8,14-15H,2H2,(H,20,21)(H,22,23)(H2,11,12,16)(H2,17,18,19). The highest BCUT2D eigenvalue weighted by Gasteiger charge is 2.46. The maximum atomic E-state index is 11.9. The van der Waals surface area contributed by atoms with Gasteiger partial charge in [0, 0.05) is 6.20 Å². The molecule has 1 saturated heterocycles. The van der Waals surface area contributed by atoms with Crippen LogP contribution in [0.2, 0.25) is 0 Å². The third kappa shape index (κ3) is 6.85. The molecule has 1 fully saturated rings. The fourth-order valence-corrected chi connectivity index (χ4v) is 5.66. The molecule has 0 radical (unpaired) electrons. The molecule has 21 heteroatoms. The van der Waals surface area contributed by atoms with Gasteiger partial charge in [-0.1, -0.05) is 0 Å². The van der Waals surface area contributed by atoms with E-state index < -0.39 is 60.3 Å². The van der Waals surface area contributed by atoms with Crippen molar-refractivity contribution in [1.29, 1.82) is 0 Å². The van der Waals surface area contributed by atoms with Gasteiger partial charge in [-0.15, -0.1) is 0 Å². The van der Waals surface area contributed by atoms with Gasteiger partial charge in [-0.2, -0.15) is 13.6 Å². The molecule has 2 rings (SSSR count). The van der Waals surface area contributed by atoms with Gasteiger partial charge in [0.15, 0.2) is 6.23 Å². The van der Waals surface area contributed by atoms with Gasteiger partial charge in [-0.05, 0) is 22.6 Å². The summed E-state index contributed by atoms with van der Waals surface area (Å²) in [4.78, 5) is 50.8. The van der Waals surface area contributed by atoms with E-state index in [1.54, 1.807) is 22.6 Å². The minimum absolute atomic E-state index is 0.0888. The summed E-state index contributed by atoms with van der Waals surface area (Å²) in [6, 6.07) is 0. The number of aliphatic hydroxyl groups excluding tert-OH is 2. The van der Waals surface area contributed by atoms with Gasteiger partial charge in [-0.25, -0.2) is 18.5 Å². The van der Waals surface area contributed by atoms with Gasteiger partial charge in [0.2, 0.25) is 0 Å². The molecule has 1 aliphatic rings. The molecule has 1 aromatic rings. The van der Waals surface area contributed by atoms with E-state index in [0.717, 1.165) is 4.57 Å². The summed E-state index contributed by atoms with van der Waals surface area (Å²) >= 11 is 1.74. The normalized spacial score (nSPS) is 28.8. The van der Waals surface area contributed by atoms with E-state index in [1.807, 2.05) is 0 Å². The van der Waals surface area contributed by atoms with Crippen LogP contribution in [0.1, 0.15) is 6.23 Å². The Labute approximate surface area is 180 Å². The molecule has 6 unspecified atom stereocenters. The van der Waals surface area contributed by atoms with Crippen LogP contribution in [0.3, 0.4) is 0 Å². The minimum atomic E-state index is -5.72. The fourth-order valence-electron chi connectivity index (χ4n) is 2.21. The summed E-state index contributed by atoms with van der Waals surface area (Å²) in [5.74, 6) is -0.0888. The molecule has 0 bridgehead atoms. The van der Waals surface area contributed by atoms with Crippen LogP contribution in [0.5, 0.6) is 0 Å². The van der Waals surface area contributed by atoms with E-state index in [0.29, 0.717) is 3.57 Å². The van der Waals surface area contributed by atoms with Gasteiger partial charge in [0.05, 0.1) is 10.2 Å². The lowest BCUT2D eigenvalue weighted by molar-refractivity contribution is -0.0542. The number of phosphoric acid groups is 3. The van der Waals surface area contributed by atoms with E-state index in [1.165, 1.54) is 6.20 Å². The Morgan fingerprint density at radius 3 is 2.30 bits per heavy atom. The smallest absolute Gasteiger partial charge is 0.387 e. The van der Waals surface area contributed by atoms with Crippen molar-refractivity contribution in [3.63, 3.8) is 0 Å². The lowest BCUT2D eigenvalue weighted by atomic mass is 10.1. The topological polar surface area (TPSA) is 270 Å². The Kier molecular flexibility index (Phi) is 8.03. The first-order valence-corrected chi connectivity index (χ1v) is 13.0. The number of phosphoric ester groups is 1. The lowest BCUT2D eigenvalue weighted by Gasteiger charge is -2.19. The molecule has 1 aliphatic heterocycles. The number of hydrogen-bond acceptors (Lipinski definition) is 12. The molecule has 8 N–H and O–H groups in total. The molecule has 172 valence electrons. The highest BCUT2D eigenvalue weighted by atomic mass is 127. The zero-order valence-corrected chi connectivity index (χ0v) is 19.1. The van der Waals surface area contributed by atoms with Crippen molar-refractivity contribution < 1.29 is 61.4 Å². The Morgan fingerprint density at radius 2 is 1.73 bits per heavy atom. The number of nitrogens with two attached hydrogens (primary N) is 1. The molecule has 0 aliphatic carbocycles. The van der Waals surface area contributed by atoms with Crippen molar-refractivity contribution in [2.24, 2.45) is 0 Å². The maximum absolute atomic E-state index is 11.9. The molecule has 0 saturated carbocycles. The number of hydrogen-bond donors (Lipinski definition) is 7. The number of rotatable bonds is 8. The van der Waals surface area contributed by atoms with Crippen LogP contribution in [-0.2, 0) is 31.6 Å². The monoisotopic (exact) mass is 609 g/mol. The Morgan fingerprint density at radius 1 is 1.13 bits per heavy atom. The second-order valence-corrected chi connectivity index (χ2v) is 11.2. The Hall–Kier alpha value is -0.300. The number of ether oxygens (including phenoxy) is 1. The number of anilines is 1. The largest absolute Gasteiger partial charge is 0.490 e. The van der Waals surface area contributed by atoms with Crippen LogP contribution < -0.4 is 11.4 Å². The van der Waals surface area contributed by atoms with E-state index in [2.05, 4.69) is 18.1 Å². The number of halogens is 1. The average Bonchev–Trinajstić information content (AvgIpc) is 2.81. The Bertz CT molecular complexity index is 997. The van der Waals surface area contributed by atoms with Gasteiger partial charge >= 0.3 is 29.2 Å². The first kappa shape index (κ1) is 26.0. The van der Waals surface area contributed by atoms with Crippen LogP contribution in [0.25, 0.3) is 0 Å². The molecule has 17 nitrogen and oxygen atoms in total. The number of nitrogens with zero attached hydrogens (tertiary/aromatic N) is 2.